The third kappa shape index (κ3) is 4.24. The summed E-state index contributed by atoms with van der Waals surface area (Å²) in [5.41, 5.74) is 1.35. The van der Waals surface area contributed by atoms with Gasteiger partial charge < -0.3 is 10.0 Å². The first-order valence-electron chi connectivity index (χ1n) is 8.69. The van der Waals surface area contributed by atoms with Gasteiger partial charge >= 0.3 is 5.97 Å². The fraction of sp³-hybridized carbons (Fsp3) is 0.350. The third-order valence-corrected chi connectivity index (χ3v) is 4.70. The van der Waals surface area contributed by atoms with Crippen LogP contribution in [-0.4, -0.2) is 32.9 Å². The highest BCUT2D eigenvalue weighted by molar-refractivity contribution is 5.96. The lowest BCUT2D eigenvalue weighted by atomic mass is 9.93. The molecule has 0 atom stereocenters. The Morgan fingerprint density at radius 3 is 2.48 bits per heavy atom. The Hall–Kier alpha value is -2.69. The van der Waals surface area contributed by atoms with E-state index in [-0.39, 0.29) is 23.2 Å². The Morgan fingerprint density at radius 2 is 1.80 bits per heavy atom. The first kappa shape index (κ1) is 17.1. The van der Waals surface area contributed by atoms with Crippen LogP contribution in [0.3, 0.4) is 0 Å². The second-order valence-electron chi connectivity index (χ2n) is 6.45. The number of benzene rings is 1. The molecule has 1 aromatic heterocycles. The molecular formula is C20H22N2O3. The topological polar surface area (TPSA) is 70.5 Å². The third-order valence-electron chi connectivity index (χ3n) is 4.70. The maximum absolute atomic E-state index is 13.1. The van der Waals surface area contributed by atoms with Crippen LogP contribution in [0.4, 0.5) is 0 Å². The number of carboxylic acid groups (broad SMARTS) is 1. The van der Waals surface area contributed by atoms with Gasteiger partial charge in [-0.15, -0.1) is 0 Å². The summed E-state index contributed by atoms with van der Waals surface area (Å²) >= 11 is 0. The van der Waals surface area contributed by atoms with Gasteiger partial charge in [0.25, 0.3) is 5.91 Å². The molecule has 2 aromatic rings. The number of aromatic carboxylic acids is 1. The Kier molecular flexibility index (Phi) is 5.43. The zero-order chi connectivity index (χ0) is 17.6. The first-order valence-corrected chi connectivity index (χ1v) is 8.69. The van der Waals surface area contributed by atoms with Gasteiger partial charge in [0.05, 0.1) is 5.56 Å². The molecule has 1 fully saturated rings. The fourth-order valence-corrected chi connectivity index (χ4v) is 3.37. The van der Waals surface area contributed by atoms with Crippen LogP contribution < -0.4 is 0 Å². The molecule has 5 heteroatoms. The number of aromatic nitrogens is 1. The van der Waals surface area contributed by atoms with Crippen molar-refractivity contribution in [2.24, 2.45) is 0 Å². The molecule has 0 spiro atoms. The van der Waals surface area contributed by atoms with Crippen molar-refractivity contribution in [3.05, 3.63) is 65.5 Å². The summed E-state index contributed by atoms with van der Waals surface area (Å²) in [7, 11) is 0. The first-order chi connectivity index (χ1) is 12.1. The van der Waals surface area contributed by atoms with Gasteiger partial charge in [0.15, 0.2) is 0 Å². The van der Waals surface area contributed by atoms with Crippen LogP contribution in [0.15, 0.2) is 48.7 Å². The van der Waals surface area contributed by atoms with E-state index >= 15 is 0 Å². The Morgan fingerprint density at radius 1 is 1.08 bits per heavy atom. The van der Waals surface area contributed by atoms with Crippen molar-refractivity contribution in [1.29, 1.82) is 0 Å². The lowest BCUT2D eigenvalue weighted by Gasteiger charge is -2.34. The number of nitrogens with zero attached hydrogens (tertiary/aromatic N) is 2. The molecule has 1 aromatic carbocycles. The van der Waals surface area contributed by atoms with Gasteiger partial charge in [-0.2, -0.15) is 0 Å². The van der Waals surface area contributed by atoms with E-state index < -0.39 is 5.97 Å². The molecule has 1 aliphatic rings. The van der Waals surface area contributed by atoms with Crippen molar-refractivity contribution < 1.29 is 14.7 Å². The summed E-state index contributed by atoms with van der Waals surface area (Å²) < 4.78 is 0. The highest BCUT2D eigenvalue weighted by Gasteiger charge is 2.27. The molecule has 1 heterocycles. The SMILES string of the molecule is O=C(O)c1ccnc(C(=O)N(Cc2ccccc2)C2CCCCC2)c1. The number of hydrogen-bond donors (Lipinski definition) is 1. The highest BCUT2D eigenvalue weighted by Crippen LogP contribution is 2.25. The normalized spacial score (nSPS) is 14.9. The van der Waals surface area contributed by atoms with Crippen LogP contribution in [0.25, 0.3) is 0 Å². The number of carbonyl (C=O) groups excluding carboxylic acids is 1. The van der Waals surface area contributed by atoms with Crippen molar-refractivity contribution >= 4 is 11.9 Å². The summed E-state index contributed by atoms with van der Waals surface area (Å²) in [4.78, 5) is 30.3. The average molecular weight is 338 g/mol. The summed E-state index contributed by atoms with van der Waals surface area (Å²) in [6.45, 7) is 0.517. The lowest BCUT2D eigenvalue weighted by Crippen LogP contribution is -2.41. The number of pyridine rings is 1. The maximum atomic E-state index is 13.1. The van der Waals surface area contributed by atoms with Crippen molar-refractivity contribution in [3.63, 3.8) is 0 Å². The largest absolute Gasteiger partial charge is 0.478 e. The molecule has 25 heavy (non-hydrogen) atoms. The minimum Gasteiger partial charge on any atom is -0.478 e. The van der Waals surface area contributed by atoms with Gasteiger partial charge in [-0.3, -0.25) is 9.78 Å². The van der Waals surface area contributed by atoms with Crippen molar-refractivity contribution in [3.8, 4) is 0 Å². The van der Waals surface area contributed by atoms with E-state index in [0.29, 0.717) is 6.54 Å². The molecule has 1 saturated carbocycles. The predicted molar refractivity (Wildman–Crippen MR) is 94.4 cm³/mol. The smallest absolute Gasteiger partial charge is 0.335 e. The molecule has 0 bridgehead atoms. The van der Waals surface area contributed by atoms with Crippen LogP contribution in [0.2, 0.25) is 0 Å². The van der Waals surface area contributed by atoms with E-state index in [9.17, 15) is 9.59 Å². The standard InChI is InChI=1S/C20H22N2O3/c23-19(18-13-16(20(24)25)11-12-21-18)22(17-9-5-2-6-10-17)14-15-7-3-1-4-8-15/h1,3-4,7-8,11-13,17H,2,5-6,9-10,14H2,(H,24,25). The van der Waals surface area contributed by atoms with Crippen LogP contribution in [-0.2, 0) is 6.54 Å². The summed E-state index contributed by atoms with van der Waals surface area (Å²) in [6, 6.07) is 12.8. The Balaban J connectivity index is 1.88. The van der Waals surface area contributed by atoms with Gasteiger partial charge in [0.2, 0.25) is 0 Å². The van der Waals surface area contributed by atoms with Crippen molar-refractivity contribution in [2.75, 3.05) is 0 Å². The molecule has 3 rings (SSSR count). The molecule has 0 saturated heterocycles. The summed E-state index contributed by atoms with van der Waals surface area (Å²) in [6.07, 6.45) is 6.79. The van der Waals surface area contributed by atoms with E-state index in [1.807, 2.05) is 35.2 Å². The summed E-state index contributed by atoms with van der Waals surface area (Å²) in [5, 5.41) is 9.16. The number of carbonyl (C=O) groups is 2. The molecule has 1 aliphatic carbocycles. The molecule has 0 unspecified atom stereocenters. The van der Waals surface area contributed by atoms with Gasteiger partial charge in [0.1, 0.15) is 5.69 Å². The molecule has 5 nitrogen and oxygen atoms in total. The maximum Gasteiger partial charge on any atom is 0.335 e. The van der Waals surface area contributed by atoms with Crippen LogP contribution in [0.1, 0.15) is 58.5 Å². The highest BCUT2D eigenvalue weighted by atomic mass is 16.4. The quantitative estimate of drug-likeness (QED) is 0.901. The van der Waals surface area contributed by atoms with Crippen LogP contribution >= 0.6 is 0 Å². The lowest BCUT2D eigenvalue weighted by molar-refractivity contribution is 0.0608. The number of hydrogen-bond acceptors (Lipinski definition) is 3. The Bertz CT molecular complexity index is 740. The predicted octanol–water partition coefficient (Wildman–Crippen LogP) is 3.75. The molecule has 1 N–H and O–H groups in total. The molecule has 1 amide bonds. The van der Waals surface area contributed by atoms with Crippen molar-refractivity contribution in [2.45, 2.75) is 44.7 Å². The van der Waals surface area contributed by atoms with Gasteiger partial charge in [-0.25, -0.2) is 4.79 Å². The van der Waals surface area contributed by atoms with Crippen LogP contribution in [0.5, 0.6) is 0 Å². The van der Waals surface area contributed by atoms with Crippen molar-refractivity contribution in [1.82, 2.24) is 9.88 Å². The minimum absolute atomic E-state index is 0.0849. The van der Waals surface area contributed by atoms with Gasteiger partial charge in [-0.05, 0) is 30.5 Å². The Labute approximate surface area is 147 Å². The van der Waals surface area contributed by atoms with Gasteiger partial charge in [0, 0.05) is 18.8 Å². The fourth-order valence-electron chi connectivity index (χ4n) is 3.37. The zero-order valence-corrected chi connectivity index (χ0v) is 14.1. The zero-order valence-electron chi connectivity index (χ0n) is 14.1. The molecule has 130 valence electrons. The molecular weight excluding hydrogens is 316 g/mol. The second kappa shape index (κ2) is 7.92. The minimum atomic E-state index is -1.05. The van der Waals surface area contributed by atoms with E-state index in [1.165, 1.54) is 24.8 Å². The number of rotatable bonds is 5. The van der Waals surface area contributed by atoms with E-state index in [0.717, 1.165) is 31.2 Å². The van der Waals surface area contributed by atoms with E-state index in [4.69, 9.17) is 5.11 Å². The summed E-state index contributed by atoms with van der Waals surface area (Å²) in [5.74, 6) is -1.25. The van der Waals surface area contributed by atoms with E-state index in [2.05, 4.69) is 4.98 Å². The second-order valence-corrected chi connectivity index (χ2v) is 6.45. The average Bonchev–Trinajstić information content (AvgIpc) is 2.67. The molecule has 0 radical (unpaired) electrons. The van der Waals surface area contributed by atoms with E-state index in [1.54, 1.807) is 0 Å². The monoisotopic (exact) mass is 338 g/mol. The van der Waals surface area contributed by atoms with Crippen LogP contribution in [0, 0.1) is 0 Å². The van der Waals surface area contributed by atoms with Gasteiger partial charge in [-0.1, -0.05) is 49.6 Å². The number of amides is 1. The molecule has 0 aliphatic heterocycles. The number of carboxylic acids is 1.